The number of nitrogen functional groups attached to an aromatic ring is 1. The van der Waals surface area contributed by atoms with E-state index >= 15 is 0 Å². The van der Waals surface area contributed by atoms with Gasteiger partial charge in [0, 0.05) is 22.6 Å². The van der Waals surface area contributed by atoms with Crippen LogP contribution >= 0.6 is 0 Å². The summed E-state index contributed by atoms with van der Waals surface area (Å²) in [6.45, 7) is 2.35. The Morgan fingerprint density at radius 2 is 1.41 bits per heavy atom. The van der Waals surface area contributed by atoms with Gasteiger partial charge in [0.2, 0.25) is 0 Å². The molecule has 4 aromatic rings. The molecular formula is C45H46BN3. The molecule has 1 spiro atoms. The van der Waals surface area contributed by atoms with Crippen molar-refractivity contribution in [3.05, 3.63) is 89.5 Å². The van der Waals surface area contributed by atoms with E-state index in [2.05, 4.69) is 89.8 Å². The number of hydrogen-bond acceptors (Lipinski definition) is 3. The van der Waals surface area contributed by atoms with Gasteiger partial charge in [-0.05, 0) is 193 Å². The summed E-state index contributed by atoms with van der Waals surface area (Å²) in [6.07, 6.45) is 16.0. The zero-order valence-corrected chi connectivity index (χ0v) is 28.8. The van der Waals surface area contributed by atoms with Gasteiger partial charge in [-0.15, -0.1) is 0 Å². The number of para-hydroxylation sites is 1. The maximum Gasteiger partial charge on any atom is 0.325 e. The fourth-order valence-corrected chi connectivity index (χ4v) is 15.5. The molecule has 0 radical (unpaired) electrons. The standard InChI is InChI=1S/C45H46BN3/c1-25-11-36-35-3-2-4-38(47)42(35)48-46-37-18-30(44-22-32-16-31-17-33(23-44)45(31,32)24-44)7-10-39(37)49(40(12-25)41(36)46)34-8-5-29(6-9-34)43-19-26-13-27(20-43)15-28(14-26)21-43/h2-12,18,26-28,31-33,48H,13-17,19-24,47H2,1H3/t26?,27?,28?,31?,32-,33?,43?,44?,45?/m1/s1. The summed E-state index contributed by atoms with van der Waals surface area (Å²) in [5.74, 6) is 5.90. The summed E-state index contributed by atoms with van der Waals surface area (Å²) in [4.78, 5) is 2.62. The van der Waals surface area contributed by atoms with Gasteiger partial charge in [-0.3, -0.25) is 0 Å². The van der Waals surface area contributed by atoms with Gasteiger partial charge in [0.15, 0.2) is 0 Å². The molecule has 8 saturated carbocycles. The first-order chi connectivity index (χ1) is 23.9. The Morgan fingerprint density at radius 1 is 0.694 bits per heavy atom. The van der Waals surface area contributed by atoms with Crippen LogP contribution in [-0.2, 0) is 10.8 Å². The van der Waals surface area contributed by atoms with E-state index in [1.54, 1.807) is 11.1 Å². The number of fused-ring (bicyclic) bond motifs is 5. The van der Waals surface area contributed by atoms with Crippen molar-refractivity contribution in [1.82, 2.24) is 0 Å². The molecule has 4 unspecified atom stereocenters. The summed E-state index contributed by atoms with van der Waals surface area (Å²) in [6, 6.07) is 29.1. The molecule has 3 nitrogen and oxygen atoms in total. The molecule has 2 aliphatic heterocycles. The predicted octanol–water partition coefficient (Wildman–Crippen LogP) is 9.10. The molecule has 0 amide bonds. The lowest BCUT2D eigenvalue weighted by Crippen LogP contribution is -2.59. The minimum absolute atomic E-state index is 0.0823. The first-order valence-electron chi connectivity index (χ1n) is 19.7. The highest BCUT2D eigenvalue weighted by atomic mass is 15.2. The normalized spacial score (nSPS) is 38.6. The Labute approximate surface area is 291 Å². The van der Waals surface area contributed by atoms with E-state index in [-0.39, 0.29) is 6.85 Å². The lowest BCUT2D eigenvalue weighted by molar-refractivity contribution is -0.175. The van der Waals surface area contributed by atoms with Crippen molar-refractivity contribution in [2.75, 3.05) is 15.9 Å². The third kappa shape index (κ3) is 3.17. The van der Waals surface area contributed by atoms with E-state index in [9.17, 15) is 0 Å². The van der Waals surface area contributed by atoms with Crippen molar-refractivity contribution in [2.45, 2.75) is 88.4 Å². The molecule has 6 bridgehead atoms. The number of nitrogens with zero attached hydrogens (tertiary/aromatic N) is 1. The molecule has 2 heterocycles. The van der Waals surface area contributed by atoms with E-state index in [1.807, 2.05) is 0 Å². The number of anilines is 5. The Bertz CT molecular complexity index is 2100. The van der Waals surface area contributed by atoms with E-state index in [0.717, 1.165) is 46.9 Å². The van der Waals surface area contributed by atoms with Crippen LogP contribution in [0.2, 0.25) is 0 Å². The van der Waals surface area contributed by atoms with Gasteiger partial charge in [0.25, 0.3) is 0 Å². The monoisotopic (exact) mass is 639 g/mol. The summed E-state index contributed by atoms with van der Waals surface area (Å²) < 4.78 is 0. The second-order valence-corrected chi connectivity index (χ2v) is 19.0. The van der Waals surface area contributed by atoms with Crippen molar-refractivity contribution in [1.29, 1.82) is 0 Å². The van der Waals surface area contributed by atoms with Crippen LogP contribution in [0.25, 0.3) is 11.1 Å². The van der Waals surface area contributed by atoms with Crippen LogP contribution in [0.4, 0.5) is 28.4 Å². The van der Waals surface area contributed by atoms with Crippen molar-refractivity contribution < 1.29 is 0 Å². The van der Waals surface area contributed by atoms with Crippen LogP contribution in [0.1, 0.15) is 87.3 Å². The molecule has 0 saturated heterocycles. The van der Waals surface area contributed by atoms with Crippen molar-refractivity contribution >= 4 is 46.2 Å². The fraction of sp³-hybridized carbons (Fsp3) is 0.467. The highest BCUT2D eigenvalue weighted by molar-refractivity contribution is 6.92. The van der Waals surface area contributed by atoms with Crippen molar-refractivity contribution in [3.63, 3.8) is 0 Å². The molecule has 244 valence electrons. The molecule has 5 atom stereocenters. The van der Waals surface area contributed by atoms with Crippen LogP contribution in [0, 0.1) is 47.8 Å². The second-order valence-electron chi connectivity index (χ2n) is 19.0. The maximum absolute atomic E-state index is 6.73. The van der Waals surface area contributed by atoms with Gasteiger partial charge in [-0.25, -0.2) is 0 Å². The van der Waals surface area contributed by atoms with Gasteiger partial charge in [0.05, 0.1) is 11.4 Å². The van der Waals surface area contributed by atoms with Crippen LogP contribution in [-0.4, -0.2) is 6.85 Å². The van der Waals surface area contributed by atoms with E-state index in [1.165, 1.54) is 115 Å². The SMILES string of the molecule is Cc1cc2c3c(c1)N(c1ccc(C45CC6CC(CC(C6)C4)C5)cc1)c1ccc(C45CC6CC7C[C@H](C4)C76C5)cc1B3Nc1c(N)cccc1-2. The second kappa shape index (κ2) is 8.61. The fourth-order valence-electron chi connectivity index (χ4n) is 15.5. The quantitative estimate of drug-likeness (QED) is 0.174. The molecule has 8 aliphatic carbocycles. The van der Waals surface area contributed by atoms with Gasteiger partial charge in [-0.2, -0.15) is 0 Å². The molecule has 3 N–H and O–H groups in total. The highest BCUT2D eigenvalue weighted by Crippen LogP contribution is 2.84. The molecule has 4 aromatic carbocycles. The Morgan fingerprint density at radius 3 is 2.10 bits per heavy atom. The largest absolute Gasteiger partial charge is 0.418 e. The Balaban J connectivity index is 0.983. The van der Waals surface area contributed by atoms with Crippen molar-refractivity contribution in [2.24, 2.45) is 40.9 Å². The van der Waals surface area contributed by atoms with Gasteiger partial charge >= 0.3 is 6.85 Å². The lowest BCUT2D eigenvalue weighted by atomic mass is 9.38. The topological polar surface area (TPSA) is 41.3 Å². The molecule has 8 fully saturated rings. The van der Waals surface area contributed by atoms with Crippen LogP contribution in [0.5, 0.6) is 0 Å². The summed E-state index contributed by atoms with van der Waals surface area (Å²) in [7, 11) is 0. The first kappa shape index (κ1) is 27.1. The Hall–Kier alpha value is -3.66. The molecule has 4 heteroatoms. The number of nitrogens with two attached hydrogens (primary N) is 1. The highest BCUT2D eigenvalue weighted by Gasteiger charge is 2.77. The third-order valence-electron chi connectivity index (χ3n) is 16.8. The molecular weight excluding hydrogens is 593 g/mol. The maximum atomic E-state index is 6.73. The molecule has 0 aromatic heterocycles. The minimum Gasteiger partial charge on any atom is -0.418 e. The van der Waals surface area contributed by atoms with Gasteiger partial charge in [-0.1, -0.05) is 42.5 Å². The van der Waals surface area contributed by atoms with Crippen LogP contribution < -0.4 is 26.8 Å². The van der Waals surface area contributed by atoms with Crippen LogP contribution in [0.15, 0.2) is 72.8 Å². The van der Waals surface area contributed by atoms with E-state index in [0.29, 0.717) is 16.2 Å². The zero-order valence-electron chi connectivity index (χ0n) is 28.8. The smallest absolute Gasteiger partial charge is 0.325 e. The van der Waals surface area contributed by atoms with Gasteiger partial charge < -0.3 is 15.9 Å². The average Bonchev–Trinajstić information content (AvgIpc) is 3.57. The summed E-state index contributed by atoms with van der Waals surface area (Å²) >= 11 is 0. The average molecular weight is 640 g/mol. The number of rotatable bonds is 3. The van der Waals surface area contributed by atoms with Gasteiger partial charge in [0.1, 0.15) is 0 Å². The molecule has 10 aliphatic rings. The first-order valence-corrected chi connectivity index (χ1v) is 19.7. The molecule has 14 rings (SSSR count). The number of hydrogen-bond donors (Lipinski definition) is 2. The lowest BCUT2D eigenvalue weighted by Gasteiger charge is -2.66. The Kier molecular flexibility index (Phi) is 4.77. The summed E-state index contributed by atoms with van der Waals surface area (Å²) in [5, 5.41) is 4.05. The summed E-state index contributed by atoms with van der Waals surface area (Å²) in [5.41, 5.74) is 24.1. The predicted molar refractivity (Wildman–Crippen MR) is 202 cm³/mol. The zero-order chi connectivity index (χ0) is 32.0. The van der Waals surface area contributed by atoms with E-state index in [4.69, 9.17) is 5.73 Å². The number of nitrogens with one attached hydrogen (secondary N) is 1. The van der Waals surface area contributed by atoms with Crippen LogP contribution in [0.3, 0.4) is 0 Å². The number of benzene rings is 4. The number of aryl methyl sites for hydroxylation is 1. The third-order valence-corrected chi connectivity index (χ3v) is 16.8. The van der Waals surface area contributed by atoms with E-state index < -0.39 is 0 Å². The minimum atomic E-state index is 0.0823. The van der Waals surface area contributed by atoms with Crippen molar-refractivity contribution in [3.8, 4) is 11.1 Å². The molecule has 49 heavy (non-hydrogen) atoms.